The molecule has 1 unspecified atom stereocenters. The second-order valence-electron chi connectivity index (χ2n) is 3.53. The highest BCUT2D eigenvalue weighted by atomic mass is 16.3. The maximum Gasteiger partial charge on any atom is 0.127 e. The second kappa shape index (κ2) is 3.33. The Morgan fingerprint density at radius 2 is 2.17 bits per heavy atom. The topological polar surface area (TPSA) is 52.7 Å². The Kier molecular flexibility index (Phi) is 2.59. The van der Waals surface area contributed by atoms with Gasteiger partial charge in [0.15, 0.2) is 0 Å². The minimum atomic E-state index is -0.452. The first-order valence-corrected chi connectivity index (χ1v) is 4.16. The van der Waals surface area contributed by atoms with Crippen LogP contribution in [0.3, 0.4) is 0 Å². The zero-order valence-corrected chi connectivity index (χ0v) is 7.86. The van der Waals surface area contributed by atoms with Crippen LogP contribution in [0.1, 0.15) is 13.8 Å². The highest BCUT2D eigenvalue weighted by molar-refractivity contribution is 5.03. The van der Waals surface area contributed by atoms with Crippen LogP contribution in [0.25, 0.3) is 0 Å². The van der Waals surface area contributed by atoms with Crippen molar-refractivity contribution >= 4 is 0 Å². The molecule has 0 saturated heterocycles. The molecule has 0 bridgehead atoms. The Morgan fingerprint density at radius 1 is 1.58 bits per heavy atom. The van der Waals surface area contributed by atoms with Crippen LogP contribution in [0.5, 0.6) is 0 Å². The fraction of sp³-hybridized carbons (Fsp3) is 0.750. The molecule has 0 aliphatic carbocycles. The van der Waals surface area contributed by atoms with Gasteiger partial charge in [-0.1, -0.05) is 13.8 Å². The van der Waals surface area contributed by atoms with Crippen molar-refractivity contribution in [3.05, 3.63) is 11.9 Å². The van der Waals surface area contributed by atoms with Crippen molar-refractivity contribution in [2.75, 3.05) is 13.6 Å². The summed E-state index contributed by atoms with van der Waals surface area (Å²) in [4.78, 5) is 0. The summed E-state index contributed by atoms with van der Waals surface area (Å²) >= 11 is 0. The summed E-state index contributed by atoms with van der Waals surface area (Å²) in [6.45, 7) is 4.58. The summed E-state index contributed by atoms with van der Waals surface area (Å²) < 4.78 is 0. The zero-order chi connectivity index (χ0) is 9.30. The van der Waals surface area contributed by atoms with Crippen molar-refractivity contribution in [1.29, 1.82) is 0 Å². The molecule has 1 atom stereocenters. The maximum atomic E-state index is 9.71. The van der Waals surface area contributed by atoms with Gasteiger partial charge in [0.1, 0.15) is 6.23 Å². The number of nitrogens with zero attached hydrogens (tertiary/aromatic N) is 2. The average molecular weight is 171 g/mol. The first-order valence-electron chi connectivity index (χ1n) is 4.16. The molecule has 4 heteroatoms. The lowest BCUT2D eigenvalue weighted by Crippen LogP contribution is -2.44. The fourth-order valence-corrected chi connectivity index (χ4v) is 1.28. The molecular weight excluding hydrogens is 154 g/mol. The molecule has 70 valence electrons. The van der Waals surface area contributed by atoms with Crippen molar-refractivity contribution in [3.8, 4) is 0 Å². The molecule has 1 aliphatic heterocycles. The lowest BCUT2D eigenvalue weighted by molar-refractivity contribution is -0.109. The molecule has 0 spiro atoms. The molecule has 4 nitrogen and oxygen atoms in total. The van der Waals surface area contributed by atoms with Gasteiger partial charge in [0.2, 0.25) is 0 Å². The van der Waals surface area contributed by atoms with Crippen molar-refractivity contribution in [1.82, 2.24) is 10.0 Å². The molecule has 0 aromatic rings. The first kappa shape index (κ1) is 9.35. The van der Waals surface area contributed by atoms with Gasteiger partial charge in [-0.15, -0.1) is 0 Å². The predicted molar refractivity (Wildman–Crippen MR) is 47.6 cm³/mol. The van der Waals surface area contributed by atoms with E-state index in [0.717, 1.165) is 5.70 Å². The Labute approximate surface area is 73.2 Å². The van der Waals surface area contributed by atoms with Crippen molar-refractivity contribution in [3.63, 3.8) is 0 Å². The number of hydrazine groups is 1. The summed E-state index contributed by atoms with van der Waals surface area (Å²) in [5.74, 6) is 0.215. The lowest BCUT2D eigenvalue weighted by atomic mass is 10.2. The summed E-state index contributed by atoms with van der Waals surface area (Å²) in [6, 6.07) is 0. The van der Waals surface area contributed by atoms with E-state index in [9.17, 15) is 5.11 Å². The van der Waals surface area contributed by atoms with Gasteiger partial charge in [0.05, 0.1) is 6.54 Å². The molecule has 0 saturated carbocycles. The molecular formula is C8H17N3O. The van der Waals surface area contributed by atoms with Gasteiger partial charge in [-0.25, -0.2) is 0 Å². The van der Waals surface area contributed by atoms with Gasteiger partial charge in [0.25, 0.3) is 0 Å². The van der Waals surface area contributed by atoms with Crippen LogP contribution in [0.2, 0.25) is 0 Å². The van der Waals surface area contributed by atoms with Crippen molar-refractivity contribution < 1.29 is 5.11 Å². The number of hydrogen-bond donors (Lipinski definition) is 2. The smallest absolute Gasteiger partial charge is 0.127 e. The Balaban J connectivity index is 2.56. The monoisotopic (exact) mass is 171 g/mol. The minimum Gasteiger partial charge on any atom is -0.400 e. The standard InChI is InChI=1S/C8H17N3O/c1-6(2)8(12)11-5-7(9)4-10(11)3/h4,6,8,12H,5,9H2,1-3H3. The van der Waals surface area contributed by atoms with Crippen LogP contribution in [0.4, 0.5) is 0 Å². The Hall–Kier alpha value is -0.740. The second-order valence-corrected chi connectivity index (χ2v) is 3.53. The fourth-order valence-electron chi connectivity index (χ4n) is 1.28. The highest BCUT2D eigenvalue weighted by Gasteiger charge is 2.25. The van der Waals surface area contributed by atoms with Crippen molar-refractivity contribution in [2.24, 2.45) is 11.7 Å². The molecule has 1 heterocycles. The van der Waals surface area contributed by atoms with Gasteiger partial charge >= 0.3 is 0 Å². The SMILES string of the molecule is CC(C)C(O)N1CC(N)=CN1C. The number of nitrogens with two attached hydrogens (primary N) is 1. The molecule has 1 rings (SSSR count). The summed E-state index contributed by atoms with van der Waals surface area (Å²) in [5, 5.41) is 13.4. The molecule has 12 heavy (non-hydrogen) atoms. The van der Waals surface area contributed by atoms with Gasteiger partial charge in [-0.2, -0.15) is 5.01 Å². The summed E-state index contributed by atoms with van der Waals surface area (Å²) in [6.07, 6.45) is 1.37. The van der Waals surface area contributed by atoms with Crippen molar-refractivity contribution in [2.45, 2.75) is 20.1 Å². The maximum absolute atomic E-state index is 9.71. The molecule has 0 aromatic heterocycles. The van der Waals surface area contributed by atoms with Crippen LogP contribution in [-0.2, 0) is 0 Å². The summed E-state index contributed by atoms with van der Waals surface area (Å²) in [7, 11) is 1.88. The van der Waals surface area contributed by atoms with E-state index >= 15 is 0 Å². The third-order valence-electron chi connectivity index (χ3n) is 2.00. The normalized spacial score (nSPS) is 21.8. The first-order chi connectivity index (χ1) is 5.52. The van der Waals surface area contributed by atoms with Gasteiger partial charge < -0.3 is 15.8 Å². The Morgan fingerprint density at radius 3 is 2.50 bits per heavy atom. The van der Waals surface area contributed by atoms with Crippen LogP contribution < -0.4 is 5.73 Å². The predicted octanol–water partition coefficient (Wildman–Crippen LogP) is -0.0767. The third kappa shape index (κ3) is 1.70. The van der Waals surface area contributed by atoms with E-state index in [0.29, 0.717) is 6.54 Å². The van der Waals surface area contributed by atoms with Crippen LogP contribution >= 0.6 is 0 Å². The largest absolute Gasteiger partial charge is 0.400 e. The van der Waals surface area contributed by atoms with Gasteiger partial charge in [-0.3, -0.25) is 0 Å². The molecule has 3 N–H and O–H groups in total. The van der Waals surface area contributed by atoms with E-state index in [1.807, 2.05) is 37.1 Å². The summed E-state index contributed by atoms with van der Waals surface area (Å²) in [5.41, 5.74) is 6.41. The van der Waals surface area contributed by atoms with Gasteiger partial charge in [-0.05, 0) is 5.92 Å². The quantitative estimate of drug-likeness (QED) is 0.610. The molecule has 1 aliphatic rings. The van der Waals surface area contributed by atoms with E-state index in [-0.39, 0.29) is 5.92 Å². The molecule has 0 aromatic carbocycles. The van der Waals surface area contributed by atoms with E-state index in [2.05, 4.69) is 0 Å². The Bertz CT molecular complexity index is 191. The lowest BCUT2D eigenvalue weighted by Gasteiger charge is -2.31. The van der Waals surface area contributed by atoms with E-state index in [4.69, 9.17) is 5.73 Å². The van der Waals surface area contributed by atoms with E-state index < -0.39 is 6.23 Å². The highest BCUT2D eigenvalue weighted by Crippen LogP contribution is 2.16. The minimum absolute atomic E-state index is 0.215. The van der Waals surface area contributed by atoms with E-state index in [1.54, 1.807) is 0 Å². The molecule has 0 fully saturated rings. The van der Waals surface area contributed by atoms with Crippen LogP contribution in [-0.4, -0.2) is 34.9 Å². The number of aliphatic hydroxyl groups excluding tert-OH is 1. The third-order valence-corrected chi connectivity index (χ3v) is 2.00. The van der Waals surface area contributed by atoms with Gasteiger partial charge in [0, 0.05) is 18.9 Å². The number of aliphatic hydroxyl groups is 1. The molecule has 0 amide bonds. The zero-order valence-electron chi connectivity index (χ0n) is 7.86. The van der Waals surface area contributed by atoms with Crippen LogP contribution in [0, 0.1) is 5.92 Å². The van der Waals surface area contributed by atoms with E-state index in [1.165, 1.54) is 0 Å². The number of hydrogen-bond acceptors (Lipinski definition) is 4. The average Bonchev–Trinajstić information content (AvgIpc) is 2.28. The number of rotatable bonds is 2. The van der Waals surface area contributed by atoms with Crippen LogP contribution in [0.15, 0.2) is 11.9 Å². The molecule has 0 radical (unpaired) electrons.